The van der Waals surface area contributed by atoms with E-state index in [9.17, 15) is 9.59 Å². The van der Waals surface area contributed by atoms with Gasteiger partial charge in [-0.15, -0.1) is 0 Å². The van der Waals surface area contributed by atoms with Crippen molar-refractivity contribution in [3.05, 3.63) is 144 Å². The van der Waals surface area contributed by atoms with Crippen LogP contribution in [-0.2, 0) is 28.5 Å². The number of ether oxygens (including phenoxy) is 4. The summed E-state index contributed by atoms with van der Waals surface area (Å²) in [6.45, 7) is 7.47. The maximum absolute atomic E-state index is 12.5. The molecule has 260 valence electrons. The molecule has 0 aliphatic carbocycles. The molecule has 0 aromatic heterocycles. The van der Waals surface area contributed by atoms with E-state index in [1.54, 1.807) is 0 Å². The second kappa shape index (κ2) is 15.7. The summed E-state index contributed by atoms with van der Waals surface area (Å²) in [7, 11) is 0. The average Bonchev–Trinajstić information content (AvgIpc) is 4.01. The minimum absolute atomic E-state index is 0.0578. The van der Waals surface area contributed by atoms with Crippen LogP contribution in [0.1, 0.15) is 48.2 Å². The highest BCUT2D eigenvalue weighted by atomic mass is 16.5. The van der Waals surface area contributed by atoms with Crippen LogP contribution in [0.3, 0.4) is 0 Å². The molecule has 6 atom stereocenters. The lowest BCUT2D eigenvalue weighted by Crippen LogP contribution is -2.35. The van der Waals surface area contributed by atoms with Gasteiger partial charge in [0.25, 0.3) is 0 Å². The fourth-order valence-corrected chi connectivity index (χ4v) is 7.70. The Balaban J connectivity index is 0.000000157. The van der Waals surface area contributed by atoms with Crippen molar-refractivity contribution in [1.29, 1.82) is 0 Å². The highest BCUT2D eigenvalue weighted by Gasteiger charge is 2.62. The molecule has 4 aliphatic rings. The Hall–Kier alpha value is -4.34. The number of nitrogens with zero attached hydrogens (tertiary/aromatic N) is 2. The first-order valence-electron chi connectivity index (χ1n) is 17.9. The molecule has 0 spiro atoms. The minimum atomic E-state index is -0.181. The van der Waals surface area contributed by atoms with Crippen molar-refractivity contribution in [2.24, 2.45) is 11.8 Å². The van der Waals surface area contributed by atoms with Crippen molar-refractivity contribution >= 4 is 11.9 Å². The van der Waals surface area contributed by atoms with Crippen molar-refractivity contribution in [1.82, 2.24) is 9.80 Å². The quantitative estimate of drug-likeness (QED) is 0.132. The van der Waals surface area contributed by atoms with Crippen molar-refractivity contribution in [2.45, 2.75) is 50.1 Å². The Bertz CT molecular complexity index is 1480. The summed E-state index contributed by atoms with van der Waals surface area (Å²) >= 11 is 0. The lowest BCUT2D eigenvalue weighted by Gasteiger charge is -2.28. The molecule has 8 heteroatoms. The Morgan fingerprint density at radius 2 is 0.820 bits per heavy atom. The normalized spacial score (nSPS) is 25.4. The van der Waals surface area contributed by atoms with E-state index in [-0.39, 0.29) is 48.2 Å². The van der Waals surface area contributed by atoms with Gasteiger partial charge in [0.05, 0.1) is 51.7 Å². The van der Waals surface area contributed by atoms with Crippen LogP contribution in [0, 0.1) is 11.8 Å². The molecule has 4 aromatic rings. The number of esters is 2. The highest BCUT2D eigenvalue weighted by Crippen LogP contribution is 2.49. The molecule has 4 aromatic carbocycles. The predicted octanol–water partition coefficient (Wildman–Crippen LogP) is 6.08. The number of hydrogen-bond acceptors (Lipinski definition) is 8. The third kappa shape index (κ3) is 7.12. The summed E-state index contributed by atoms with van der Waals surface area (Å²) < 4.78 is 21.5. The monoisotopic (exact) mass is 674 g/mol. The number of benzene rings is 4. The summed E-state index contributed by atoms with van der Waals surface area (Å²) in [4.78, 5) is 29.7. The van der Waals surface area contributed by atoms with Crippen molar-refractivity contribution < 1.29 is 28.5 Å². The summed E-state index contributed by atoms with van der Waals surface area (Å²) in [6, 6.07) is 41.7. The Morgan fingerprint density at radius 1 is 0.540 bits per heavy atom. The maximum atomic E-state index is 12.5. The average molecular weight is 675 g/mol. The number of carbonyl (C=O) groups is 2. The molecule has 4 saturated heterocycles. The first kappa shape index (κ1) is 34.1. The van der Waals surface area contributed by atoms with Crippen LogP contribution in [0.25, 0.3) is 0 Å². The van der Waals surface area contributed by atoms with Crippen molar-refractivity contribution in [3.63, 3.8) is 0 Å². The van der Waals surface area contributed by atoms with E-state index in [0.717, 1.165) is 26.4 Å². The Kier molecular flexibility index (Phi) is 10.7. The zero-order chi connectivity index (χ0) is 34.5. The maximum Gasteiger partial charge on any atom is 0.325 e. The zero-order valence-electron chi connectivity index (χ0n) is 28.8. The molecule has 4 aliphatic heterocycles. The van der Waals surface area contributed by atoms with Gasteiger partial charge in [0, 0.05) is 23.9 Å². The van der Waals surface area contributed by atoms with E-state index in [4.69, 9.17) is 18.9 Å². The van der Waals surface area contributed by atoms with Gasteiger partial charge < -0.3 is 18.9 Å². The SMILES string of the molecule is CCOC(=O)[C@@H]1[C@H](C2COC2)N1C(c1ccccc1)c1ccccc1.CCOC(=O)[C@H]1[C@@H](C2COC2)[N@@]1C(c1ccccc1)c1ccccc1. The van der Waals surface area contributed by atoms with E-state index in [0.29, 0.717) is 25.0 Å². The van der Waals surface area contributed by atoms with Gasteiger partial charge in [0.2, 0.25) is 0 Å². The number of carbonyl (C=O) groups excluding carboxylic acids is 2. The van der Waals surface area contributed by atoms with Crippen molar-refractivity contribution in [3.8, 4) is 0 Å². The molecule has 0 saturated carbocycles. The third-order valence-corrected chi connectivity index (χ3v) is 10.2. The smallest absolute Gasteiger partial charge is 0.325 e. The molecule has 8 nitrogen and oxygen atoms in total. The first-order chi connectivity index (χ1) is 24.6. The van der Waals surface area contributed by atoms with Gasteiger partial charge in [0.15, 0.2) is 0 Å². The molecule has 4 fully saturated rings. The molecule has 50 heavy (non-hydrogen) atoms. The summed E-state index contributed by atoms with van der Waals surface area (Å²) in [6.07, 6.45) is 0. The van der Waals surface area contributed by atoms with E-state index >= 15 is 0 Å². The molecule has 0 radical (unpaired) electrons. The zero-order valence-corrected chi connectivity index (χ0v) is 28.8. The van der Waals surface area contributed by atoms with Gasteiger partial charge in [-0.1, -0.05) is 121 Å². The van der Waals surface area contributed by atoms with Crippen molar-refractivity contribution in [2.75, 3.05) is 39.6 Å². The van der Waals surface area contributed by atoms with Gasteiger partial charge in [0.1, 0.15) is 12.1 Å². The van der Waals surface area contributed by atoms with Crippen LogP contribution in [-0.4, -0.2) is 85.5 Å². The van der Waals surface area contributed by atoms with Gasteiger partial charge >= 0.3 is 11.9 Å². The highest BCUT2D eigenvalue weighted by molar-refractivity contribution is 5.81. The molecule has 0 amide bonds. The molecule has 0 N–H and O–H groups in total. The van der Waals surface area contributed by atoms with Gasteiger partial charge in [-0.3, -0.25) is 19.4 Å². The summed E-state index contributed by atoms with van der Waals surface area (Å²) in [5.41, 5.74) is 4.80. The largest absolute Gasteiger partial charge is 0.465 e. The van der Waals surface area contributed by atoms with Gasteiger partial charge in [-0.2, -0.15) is 0 Å². The Morgan fingerprint density at radius 3 is 1.04 bits per heavy atom. The van der Waals surface area contributed by atoms with Crippen LogP contribution >= 0.6 is 0 Å². The van der Waals surface area contributed by atoms with Crippen LogP contribution in [0.5, 0.6) is 0 Å². The molecule has 0 bridgehead atoms. The molecular formula is C42H46N2O6. The molecular weight excluding hydrogens is 628 g/mol. The minimum Gasteiger partial charge on any atom is -0.465 e. The van der Waals surface area contributed by atoms with Crippen LogP contribution in [0.15, 0.2) is 121 Å². The predicted molar refractivity (Wildman–Crippen MR) is 190 cm³/mol. The summed E-state index contributed by atoms with van der Waals surface area (Å²) in [5.74, 6) is 0.584. The topological polar surface area (TPSA) is 77.1 Å². The van der Waals surface area contributed by atoms with Crippen LogP contribution in [0.2, 0.25) is 0 Å². The molecule has 4 heterocycles. The lowest BCUT2D eigenvalue weighted by molar-refractivity contribution is -0.144. The fourth-order valence-electron chi connectivity index (χ4n) is 7.70. The van der Waals surface area contributed by atoms with Crippen LogP contribution in [0.4, 0.5) is 0 Å². The standard InChI is InChI=1S/2C21H23NO3/c2*1-2-25-21(23)20-19(17-13-24-14-17)22(20)18(15-9-5-3-6-10-15)16-11-7-4-8-12-16/h2*3-12,17-20H,2,13-14H2,1H3/t19-,20-,22?;19-,20-,22-/m01/s1. The fraction of sp³-hybridized carbons (Fsp3) is 0.381. The lowest BCUT2D eigenvalue weighted by atomic mass is 9.97. The van der Waals surface area contributed by atoms with E-state index in [1.807, 2.05) is 38.1 Å². The van der Waals surface area contributed by atoms with Crippen LogP contribution < -0.4 is 0 Å². The van der Waals surface area contributed by atoms with E-state index < -0.39 is 0 Å². The first-order valence-corrected chi connectivity index (χ1v) is 17.9. The van der Waals surface area contributed by atoms with E-state index in [1.165, 1.54) is 22.3 Å². The van der Waals surface area contributed by atoms with Gasteiger partial charge in [-0.25, -0.2) is 0 Å². The number of hydrogen-bond donors (Lipinski definition) is 0. The van der Waals surface area contributed by atoms with E-state index in [2.05, 4.69) is 107 Å². The molecule has 1 unspecified atom stereocenters. The second-order valence-corrected chi connectivity index (χ2v) is 13.3. The Labute approximate surface area is 294 Å². The summed E-state index contributed by atoms with van der Waals surface area (Å²) in [5, 5.41) is 0. The second-order valence-electron chi connectivity index (χ2n) is 13.3. The number of rotatable bonds is 12. The molecule has 8 rings (SSSR count). The third-order valence-electron chi connectivity index (χ3n) is 10.2. The van der Waals surface area contributed by atoms with Gasteiger partial charge in [-0.05, 0) is 36.1 Å².